The summed E-state index contributed by atoms with van der Waals surface area (Å²) in [5.74, 6) is 1.45. The van der Waals surface area contributed by atoms with Crippen molar-refractivity contribution in [3.8, 4) is 0 Å². The van der Waals surface area contributed by atoms with Crippen molar-refractivity contribution in [3.05, 3.63) is 59.8 Å². The average molecular weight is 322 g/mol. The summed E-state index contributed by atoms with van der Waals surface area (Å²) < 4.78 is 0. The van der Waals surface area contributed by atoms with E-state index in [1.807, 2.05) is 30.5 Å². The molecule has 2 aliphatic rings. The number of carbonyl (C=O) groups excluding carboxylic acids is 1. The molecule has 5 nitrogen and oxygen atoms in total. The number of nitrogens with one attached hydrogen (secondary N) is 1. The van der Waals surface area contributed by atoms with Crippen molar-refractivity contribution in [1.29, 1.82) is 0 Å². The standard InChI is InChI=1S/C19H22N4O/c20-17-12-23(11-16(17)14-4-2-1-3-5-14)19(24)22-18-9-8-15(10-21-18)13-6-7-13/h1-5,8-10,13,16-17H,6-7,11-12,20H2,(H,21,22,24)/t16-,17+/m0/s1. The molecule has 2 heterocycles. The maximum Gasteiger partial charge on any atom is 0.323 e. The first kappa shape index (κ1) is 15.1. The van der Waals surface area contributed by atoms with Gasteiger partial charge in [0.2, 0.25) is 0 Å². The van der Waals surface area contributed by atoms with E-state index < -0.39 is 0 Å². The number of nitrogens with two attached hydrogens (primary N) is 1. The van der Waals surface area contributed by atoms with Gasteiger partial charge in [0.05, 0.1) is 0 Å². The Morgan fingerprint density at radius 3 is 2.54 bits per heavy atom. The van der Waals surface area contributed by atoms with Crippen LogP contribution in [0.25, 0.3) is 0 Å². The number of hydrogen-bond acceptors (Lipinski definition) is 3. The monoisotopic (exact) mass is 322 g/mol. The molecule has 1 aromatic carbocycles. The van der Waals surface area contributed by atoms with Gasteiger partial charge in [-0.3, -0.25) is 5.32 Å². The van der Waals surface area contributed by atoms with Gasteiger partial charge in [0.15, 0.2) is 0 Å². The molecule has 1 aliphatic carbocycles. The van der Waals surface area contributed by atoms with Crippen LogP contribution in [-0.4, -0.2) is 35.0 Å². The van der Waals surface area contributed by atoms with Crippen molar-refractivity contribution >= 4 is 11.8 Å². The molecule has 1 saturated carbocycles. The van der Waals surface area contributed by atoms with Crippen LogP contribution in [0.5, 0.6) is 0 Å². The highest BCUT2D eigenvalue weighted by Gasteiger charge is 2.34. The molecule has 0 radical (unpaired) electrons. The number of aromatic nitrogens is 1. The van der Waals surface area contributed by atoms with Gasteiger partial charge in [-0.2, -0.15) is 0 Å². The average Bonchev–Trinajstić information content (AvgIpc) is 3.38. The van der Waals surface area contributed by atoms with Crippen LogP contribution in [0.15, 0.2) is 48.7 Å². The quantitative estimate of drug-likeness (QED) is 0.912. The second-order valence-corrected chi connectivity index (χ2v) is 6.77. The number of anilines is 1. The molecule has 2 aromatic rings. The number of urea groups is 1. The van der Waals surface area contributed by atoms with E-state index in [9.17, 15) is 4.79 Å². The maximum absolute atomic E-state index is 12.5. The van der Waals surface area contributed by atoms with Crippen LogP contribution in [0.1, 0.15) is 35.8 Å². The van der Waals surface area contributed by atoms with Crippen LogP contribution in [0.2, 0.25) is 0 Å². The number of carbonyl (C=O) groups is 1. The second kappa shape index (κ2) is 6.24. The van der Waals surface area contributed by atoms with Gasteiger partial charge < -0.3 is 10.6 Å². The Bertz CT molecular complexity index is 712. The lowest BCUT2D eigenvalue weighted by Crippen LogP contribution is -2.35. The molecule has 4 rings (SSSR count). The lowest BCUT2D eigenvalue weighted by molar-refractivity contribution is 0.221. The minimum atomic E-state index is -0.129. The number of nitrogens with zero attached hydrogens (tertiary/aromatic N) is 2. The Balaban J connectivity index is 1.39. The largest absolute Gasteiger partial charge is 0.326 e. The van der Waals surface area contributed by atoms with Crippen LogP contribution in [0, 0.1) is 0 Å². The normalized spacial score (nSPS) is 23.3. The fraction of sp³-hybridized carbons (Fsp3) is 0.368. The highest BCUT2D eigenvalue weighted by atomic mass is 16.2. The molecule has 1 saturated heterocycles. The predicted octanol–water partition coefficient (Wildman–Crippen LogP) is 2.92. The molecule has 2 atom stereocenters. The van der Waals surface area contributed by atoms with Gasteiger partial charge in [0.25, 0.3) is 0 Å². The molecule has 2 amide bonds. The first-order valence-electron chi connectivity index (χ1n) is 8.53. The first-order chi connectivity index (χ1) is 11.7. The number of benzene rings is 1. The van der Waals surface area contributed by atoms with Crippen molar-refractivity contribution in [2.45, 2.75) is 30.7 Å². The van der Waals surface area contributed by atoms with Crippen LogP contribution in [-0.2, 0) is 0 Å². The Kier molecular flexibility index (Phi) is 3.94. The molecule has 5 heteroatoms. The predicted molar refractivity (Wildman–Crippen MR) is 94.0 cm³/mol. The highest BCUT2D eigenvalue weighted by molar-refractivity contribution is 5.88. The van der Waals surface area contributed by atoms with Crippen molar-refractivity contribution in [2.24, 2.45) is 5.73 Å². The number of likely N-dealkylation sites (tertiary alicyclic amines) is 1. The van der Waals surface area contributed by atoms with Crippen LogP contribution < -0.4 is 11.1 Å². The molecule has 124 valence electrons. The molecule has 2 fully saturated rings. The van der Waals surface area contributed by atoms with Crippen LogP contribution >= 0.6 is 0 Å². The SMILES string of the molecule is N[C@@H]1CN(C(=O)Nc2ccc(C3CC3)cn2)C[C@H]1c1ccccc1. The summed E-state index contributed by atoms with van der Waals surface area (Å²) in [4.78, 5) is 18.6. The summed E-state index contributed by atoms with van der Waals surface area (Å²) in [5, 5.41) is 2.88. The van der Waals surface area contributed by atoms with E-state index in [1.54, 1.807) is 4.90 Å². The fourth-order valence-electron chi connectivity index (χ4n) is 3.37. The maximum atomic E-state index is 12.5. The van der Waals surface area contributed by atoms with E-state index >= 15 is 0 Å². The zero-order chi connectivity index (χ0) is 16.5. The molecule has 0 unspecified atom stereocenters. The topological polar surface area (TPSA) is 71.2 Å². The number of amides is 2. The smallest absolute Gasteiger partial charge is 0.323 e. The van der Waals surface area contributed by atoms with Crippen molar-refractivity contribution in [3.63, 3.8) is 0 Å². The van der Waals surface area contributed by atoms with E-state index in [0.717, 1.165) is 0 Å². The van der Waals surface area contributed by atoms with Crippen LogP contribution in [0.3, 0.4) is 0 Å². The Labute approximate surface area is 141 Å². The molecule has 0 bridgehead atoms. The van der Waals surface area contributed by atoms with E-state index in [4.69, 9.17) is 5.73 Å². The third kappa shape index (κ3) is 3.12. The Morgan fingerprint density at radius 1 is 1.08 bits per heavy atom. The summed E-state index contributed by atoms with van der Waals surface area (Å²) in [6.45, 7) is 1.20. The Hall–Kier alpha value is -2.40. The van der Waals surface area contributed by atoms with Crippen molar-refractivity contribution in [2.75, 3.05) is 18.4 Å². The molecular formula is C19H22N4O. The minimum Gasteiger partial charge on any atom is -0.326 e. The van der Waals surface area contributed by atoms with Gasteiger partial charge in [-0.15, -0.1) is 0 Å². The van der Waals surface area contributed by atoms with E-state index in [-0.39, 0.29) is 18.0 Å². The highest BCUT2D eigenvalue weighted by Crippen LogP contribution is 2.39. The van der Waals surface area contributed by atoms with Crippen LogP contribution in [0.4, 0.5) is 10.6 Å². The van der Waals surface area contributed by atoms with Crippen molar-refractivity contribution < 1.29 is 4.79 Å². The third-order valence-electron chi connectivity index (χ3n) is 4.95. The summed E-state index contributed by atoms with van der Waals surface area (Å²) in [7, 11) is 0. The Morgan fingerprint density at radius 2 is 1.88 bits per heavy atom. The number of hydrogen-bond donors (Lipinski definition) is 2. The zero-order valence-corrected chi connectivity index (χ0v) is 13.6. The molecule has 0 spiro atoms. The fourth-order valence-corrected chi connectivity index (χ4v) is 3.37. The lowest BCUT2D eigenvalue weighted by Gasteiger charge is -2.17. The molecule has 24 heavy (non-hydrogen) atoms. The summed E-state index contributed by atoms with van der Waals surface area (Å²) in [5.41, 5.74) is 8.71. The second-order valence-electron chi connectivity index (χ2n) is 6.77. The first-order valence-corrected chi connectivity index (χ1v) is 8.53. The van der Waals surface area contributed by atoms with E-state index in [1.165, 1.54) is 24.0 Å². The van der Waals surface area contributed by atoms with Gasteiger partial charge in [0, 0.05) is 31.2 Å². The van der Waals surface area contributed by atoms with Gasteiger partial charge in [-0.1, -0.05) is 36.4 Å². The van der Waals surface area contributed by atoms with Gasteiger partial charge in [0.1, 0.15) is 5.82 Å². The lowest BCUT2D eigenvalue weighted by atomic mass is 9.95. The van der Waals surface area contributed by atoms with Gasteiger partial charge >= 0.3 is 6.03 Å². The molecule has 1 aliphatic heterocycles. The number of rotatable bonds is 3. The minimum absolute atomic E-state index is 0.0386. The molecule has 3 N–H and O–H groups in total. The number of pyridine rings is 1. The molecule has 1 aromatic heterocycles. The van der Waals surface area contributed by atoms with Gasteiger partial charge in [-0.05, 0) is 36.0 Å². The zero-order valence-electron chi connectivity index (χ0n) is 13.6. The van der Waals surface area contributed by atoms with E-state index in [0.29, 0.717) is 24.8 Å². The summed E-state index contributed by atoms with van der Waals surface area (Å²) in [6.07, 6.45) is 4.37. The molecular weight excluding hydrogens is 300 g/mol. The van der Waals surface area contributed by atoms with Gasteiger partial charge in [-0.25, -0.2) is 9.78 Å². The summed E-state index contributed by atoms with van der Waals surface area (Å²) in [6, 6.07) is 13.9. The summed E-state index contributed by atoms with van der Waals surface area (Å²) >= 11 is 0. The van der Waals surface area contributed by atoms with Crippen molar-refractivity contribution in [1.82, 2.24) is 9.88 Å². The third-order valence-corrected chi connectivity index (χ3v) is 4.95. The van der Waals surface area contributed by atoms with E-state index in [2.05, 4.69) is 28.5 Å².